The summed E-state index contributed by atoms with van der Waals surface area (Å²) >= 11 is 0. The van der Waals surface area contributed by atoms with Crippen molar-refractivity contribution in [3.8, 4) is 17.0 Å². The summed E-state index contributed by atoms with van der Waals surface area (Å²) < 4.78 is 20.6. The number of halogens is 1. The van der Waals surface area contributed by atoms with Crippen LogP contribution in [0.2, 0.25) is 0 Å². The fourth-order valence-electron chi connectivity index (χ4n) is 3.04. The molecule has 2 rings (SSSR count). The Kier molecular flexibility index (Phi) is 6.56. The standard InChI is InChI=1S/C20H27FN4O3/c1-12(2)10-20(4,22)11-28-16-7-6-15(24-13(16)3)14-8-9-23-18(17(14)21)25(5)19(26)27/h6-9,12H,10-11,22H2,1-5H3,(H,26,27)/t20-/m0/s1. The minimum Gasteiger partial charge on any atom is -0.490 e. The first kappa shape index (κ1) is 21.6. The summed E-state index contributed by atoms with van der Waals surface area (Å²) in [4.78, 5) is 20.0. The van der Waals surface area contributed by atoms with Crippen LogP contribution in [-0.4, -0.2) is 40.4 Å². The van der Waals surface area contributed by atoms with Gasteiger partial charge in [-0.3, -0.25) is 4.90 Å². The molecule has 2 heterocycles. The molecule has 0 radical (unpaired) electrons. The SMILES string of the molecule is Cc1nc(-c2ccnc(N(C)C(=O)O)c2F)ccc1OC[C@@](C)(N)CC(C)C. The maximum Gasteiger partial charge on any atom is 0.412 e. The van der Waals surface area contributed by atoms with Crippen molar-refractivity contribution in [3.63, 3.8) is 0 Å². The molecule has 152 valence electrons. The second-order valence-corrected chi connectivity index (χ2v) is 7.66. The van der Waals surface area contributed by atoms with Crippen molar-refractivity contribution >= 4 is 11.9 Å². The topological polar surface area (TPSA) is 102 Å². The average Bonchev–Trinajstić information content (AvgIpc) is 2.59. The Bertz CT molecular complexity index is 855. The Morgan fingerprint density at radius 3 is 2.64 bits per heavy atom. The van der Waals surface area contributed by atoms with Gasteiger partial charge in [0.1, 0.15) is 12.4 Å². The number of hydrogen-bond acceptors (Lipinski definition) is 5. The van der Waals surface area contributed by atoms with Crippen molar-refractivity contribution in [3.05, 3.63) is 35.9 Å². The zero-order valence-corrected chi connectivity index (χ0v) is 16.9. The highest BCUT2D eigenvalue weighted by Crippen LogP contribution is 2.29. The van der Waals surface area contributed by atoms with E-state index < -0.39 is 17.4 Å². The lowest BCUT2D eigenvalue weighted by Crippen LogP contribution is -2.43. The van der Waals surface area contributed by atoms with E-state index in [0.29, 0.717) is 29.7 Å². The normalized spacial score (nSPS) is 13.3. The maximum atomic E-state index is 14.8. The molecular weight excluding hydrogens is 363 g/mol. The van der Waals surface area contributed by atoms with Crippen LogP contribution >= 0.6 is 0 Å². The van der Waals surface area contributed by atoms with Crippen LogP contribution in [0.5, 0.6) is 5.75 Å². The van der Waals surface area contributed by atoms with Crippen LogP contribution in [0.4, 0.5) is 15.0 Å². The molecule has 3 N–H and O–H groups in total. The molecule has 1 atom stereocenters. The van der Waals surface area contributed by atoms with Crippen LogP contribution in [0.1, 0.15) is 32.9 Å². The van der Waals surface area contributed by atoms with Gasteiger partial charge < -0.3 is 15.6 Å². The first-order valence-electron chi connectivity index (χ1n) is 9.02. The summed E-state index contributed by atoms with van der Waals surface area (Å²) in [5.41, 5.74) is 6.92. The molecule has 0 unspecified atom stereocenters. The molecule has 0 aliphatic rings. The van der Waals surface area contributed by atoms with E-state index in [1.807, 2.05) is 6.92 Å². The first-order chi connectivity index (χ1) is 13.0. The minimum absolute atomic E-state index is 0.163. The summed E-state index contributed by atoms with van der Waals surface area (Å²) in [6.07, 6.45) is 0.864. The molecule has 0 saturated heterocycles. The number of amides is 1. The summed E-state index contributed by atoms with van der Waals surface area (Å²) in [7, 11) is 1.23. The highest BCUT2D eigenvalue weighted by molar-refractivity contribution is 5.85. The van der Waals surface area contributed by atoms with Gasteiger partial charge in [-0.25, -0.2) is 19.2 Å². The molecular formula is C20H27FN4O3. The van der Waals surface area contributed by atoms with Gasteiger partial charge in [0.25, 0.3) is 0 Å². The second kappa shape index (κ2) is 8.52. The number of ether oxygens (including phenoxy) is 1. The lowest BCUT2D eigenvalue weighted by Gasteiger charge is -2.27. The Balaban J connectivity index is 2.25. The number of carboxylic acid groups (broad SMARTS) is 1. The van der Waals surface area contributed by atoms with Gasteiger partial charge in [-0.2, -0.15) is 0 Å². The van der Waals surface area contributed by atoms with Gasteiger partial charge in [-0.1, -0.05) is 13.8 Å². The molecule has 0 saturated carbocycles. The number of hydrogen-bond donors (Lipinski definition) is 2. The molecule has 0 fully saturated rings. The van der Waals surface area contributed by atoms with Crippen molar-refractivity contribution < 1.29 is 19.0 Å². The lowest BCUT2D eigenvalue weighted by molar-refractivity contribution is 0.203. The third kappa shape index (κ3) is 5.16. The van der Waals surface area contributed by atoms with E-state index in [0.717, 1.165) is 11.3 Å². The van der Waals surface area contributed by atoms with Gasteiger partial charge in [-0.15, -0.1) is 0 Å². The molecule has 8 heteroatoms. The highest BCUT2D eigenvalue weighted by Gasteiger charge is 2.22. The predicted molar refractivity (Wildman–Crippen MR) is 106 cm³/mol. The van der Waals surface area contributed by atoms with E-state index in [9.17, 15) is 9.18 Å². The van der Waals surface area contributed by atoms with Crippen molar-refractivity contribution in [2.24, 2.45) is 11.7 Å². The molecule has 0 bridgehead atoms. The maximum absolute atomic E-state index is 14.8. The predicted octanol–water partition coefficient (Wildman–Crippen LogP) is 3.85. The molecule has 2 aromatic heterocycles. The van der Waals surface area contributed by atoms with Crippen LogP contribution < -0.4 is 15.4 Å². The summed E-state index contributed by atoms with van der Waals surface area (Å²) in [6.45, 7) is 8.25. The van der Waals surface area contributed by atoms with Gasteiger partial charge in [0.2, 0.25) is 0 Å². The van der Waals surface area contributed by atoms with Crippen molar-refractivity contribution in [2.45, 2.75) is 39.7 Å². The monoisotopic (exact) mass is 390 g/mol. The van der Waals surface area contributed by atoms with Crippen molar-refractivity contribution in [1.29, 1.82) is 0 Å². The fourth-order valence-corrected chi connectivity index (χ4v) is 3.04. The van der Waals surface area contributed by atoms with Crippen molar-refractivity contribution in [2.75, 3.05) is 18.6 Å². The van der Waals surface area contributed by atoms with E-state index in [2.05, 4.69) is 23.8 Å². The van der Waals surface area contributed by atoms with E-state index in [1.54, 1.807) is 19.1 Å². The summed E-state index contributed by atoms with van der Waals surface area (Å²) in [6, 6.07) is 4.79. The van der Waals surface area contributed by atoms with E-state index in [-0.39, 0.29) is 11.4 Å². The van der Waals surface area contributed by atoms with Crippen LogP contribution in [-0.2, 0) is 0 Å². The van der Waals surface area contributed by atoms with Crippen LogP contribution in [0, 0.1) is 18.7 Å². The molecule has 28 heavy (non-hydrogen) atoms. The summed E-state index contributed by atoms with van der Waals surface area (Å²) in [5, 5.41) is 9.06. The van der Waals surface area contributed by atoms with Gasteiger partial charge in [0.15, 0.2) is 11.6 Å². The summed E-state index contributed by atoms with van der Waals surface area (Å²) in [5.74, 6) is -0.00804. The number of carbonyl (C=O) groups is 1. The number of nitrogens with zero attached hydrogens (tertiary/aromatic N) is 3. The van der Waals surface area contributed by atoms with E-state index in [4.69, 9.17) is 15.6 Å². The zero-order valence-electron chi connectivity index (χ0n) is 16.9. The third-order valence-corrected chi connectivity index (χ3v) is 4.22. The van der Waals surface area contributed by atoms with Gasteiger partial charge in [-0.05, 0) is 44.4 Å². The van der Waals surface area contributed by atoms with Crippen molar-refractivity contribution in [1.82, 2.24) is 9.97 Å². The Morgan fingerprint density at radius 1 is 1.39 bits per heavy atom. The number of rotatable bonds is 7. The molecule has 0 aromatic carbocycles. The van der Waals surface area contributed by atoms with Crippen LogP contribution in [0.3, 0.4) is 0 Å². The van der Waals surface area contributed by atoms with E-state index in [1.165, 1.54) is 19.3 Å². The fraction of sp³-hybridized carbons (Fsp3) is 0.450. The highest BCUT2D eigenvalue weighted by atomic mass is 19.1. The zero-order chi connectivity index (χ0) is 21.1. The molecule has 0 aliphatic carbocycles. The molecule has 2 aromatic rings. The first-order valence-corrected chi connectivity index (χ1v) is 9.02. The van der Waals surface area contributed by atoms with Gasteiger partial charge in [0, 0.05) is 24.3 Å². The van der Waals surface area contributed by atoms with Gasteiger partial charge in [0.05, 0.1) is 11.4 Å². The van der Waals surface area contributed by atoms with Crippen LogP contribution in [0.15, 0.2) is 24.4 Å². The number of pyridine rings is 2. The quantitative estimate of drug-likeness (QED) is 0.745. The minimum atomic E-state index is -1.30. The van der Waals surface area contributed by atoms with Gasteiger partial charge >= 0.3 is 6.09 Å². The number of aromatic nitrogens is 2. The second-order valence-electron chi connectivity index (χ2n) is 7.66. The Morgan fingerprint density at radius 2 is 2.07 bits per heavy atom. The molecule has 1 amide bonds. The number of anilines is 1. The molecule has 7 nitrogen and oxygen atoms in total. The average molecular weight is 390 g/mol. The number of aryl methyl sites for hydroxylation is 1. The van der Waals surface area contributed by atoms with E-state index >= 15 is 0 Å². The largest absolute Gasteiger partial charge is 0.490 e. The molecule has 0 aliphatic heterocycles. The van der Waals surface area contributed by atoms with Crippen LogP contribution in [0.25, 0.3) is 11.3 Å². The smallest absolute Gasteiger partial charge is 0.412 e. The Hall–Kier alpha value is -2.74. The lowest BCUT2D eigenvalue weighted by atomic mass is 9.93. The number of nitrogens with two attached hydrogens (primary N) is 1. The third-order valence-electron chi connectivity index (χ3n) is 4.22. The Labute approximate surface area is 164 Å². The molecule has 0 spiro atoms.